The minimum absolute atomic E-state index is 0.0214. The van der Waals surface area contributed by atoms with Crippen molar-refractivity contribution >= 4 is 53.4 Å². The van der Waals surface area contributed by atoms with Gasteiger partial charge in [0, 0.05) is 68.3 Å². The second kappa shape index (κ2) is 28.5. The van der Waals surface area contributed by atoms with Crippen LogP contribution in [0.2, 0.25) is 0 Å². The van der Waals surface area contributed by atoms with E-state index < -0.39 is 52.9 Å². The number of methoxy groups -OCH3 is 2. The normalized spacial score (nSPS) is 19.0. The monoisotopic (exact) mass is 1060 g/mol. The lowest BCUT2D eigenvalue weighted by molar-refractivity contribution is -0.441. The van der Waals surface area contributed by atoms with Crippen LogP contribution in [0.25, 0.3) is 0 Å². The number of unbranched alkanes of at least 4 members (excludes halogenated alkanes) is 2. The summed E-state index contributed by atoms with van der Waals surface area (Å²) in [5.41, 5.74) is 2.16. The van der Waals surface area contributed by atoms with Gasteiger partial charge < -0.3 is 43.2 Å². The molecule has 0 spiro atoms. The Bertz CT molecular complexity index is 2530. The maximum Gasteiger partial charge on any atom is 0.303 e. The molecule has 0 fully saturated rings. The molecule has 0 amide bonds. The minimum atomic E-state index is -4.60. The SMILES string of the molecule is COCCOCCOCCOCCOCCOCCC1(C)C(=CC=CC=CC2=[N+](CCOC)c3ccc(S(=O)(=O)O)cc3C2(C)CCCS(=O)(=O)O)N(CCCCCC(=O)O)c2ccc(S(=O)(=O)O)cc21. The first kappa shape index (κ1) is 59.6. The average molecular weight is 1060 g/mol. The van der Waals surface area contributed by atoms with Crippen molar-refractivity contribution in [1.29, 1.82) is 0 Å². The summed E-state index contributed by atoms with van der Waals surface area (Å²) >= 11 is 0. The van der Waals surface area contributed by atoms with Gasteiger partial charge in [-0.25, -0.2) is 0 Å². The van der Waals surface area contributed by atoms with Crippen LogP contribution in [0.1, 0.15) is 69.9 Å². The predicted octanol–water partition coefficient (Wildman–Crippen LogP) is 5.39. The van der Waals surface area contributed by atoms with Gasteiger partial charge >= 0.3 is 5.97 Å². The average Bonchev–Trinajstić information content (AvgIpc) is 3.67. The van der Waals surface area contributed by atoms with E-state index in [0.29, 0.717) is 121 Å². The van der Waals surface area contributed by atoms with E-state index in [1.165, 1.54) is 31.4 Å². The zero-order chi connectivity index (χ0) is 52.1. The maximum atomic E-state index is 12.5. The molecule has 4 rings (SSSR count). The van der Waals surface area contributed by atoms with Crippen molar-refractivity contribution in [1.82, 2.24) is 0 Å². The summed E-state index contributed by atoms with van der Waals surface area (Å²) in [5, 5.41) is 9.23. The standard InChI is InChI=1S/C48H70N2O18S3/c1-47(19-11-35-69(53,54)55)40-36-38(70(56,57)58)16-18-43(40)50(22-24-62-3)44(47)12-7-5-8-13-45-48(2,20-23-64-27-28-66-31-32-68-34-33-67-30-29-65-26-25-63-4)41-37-39(71(59,60)61)15-17-42(41)49(45)21-10-6-9-14-46(51)52/h5,7-8,12-13,15-18,36-37H,6,9-11,14,19-35H2,1-4H3,(H3-,51,52,53,54,55,56,57,58,59,60,61)/p+1. The number of carbonyl (C=O) groups is 1. The van der Waals surface area contributed by atoms with Crippen LogP contribution in [-0.4, -0.2) is 173 Å². The van der Waals surface area contributed by atoms with Gasteiger partial charge in [-0.3, -0.25) is 18.5 Å². The molecule has 2 atom stereocenters. The van der Waals surface area contributed by atoms with E-state index in [-0.39, 0.29) is 48.9 Å². The van der Waals surface area contributed by atoms with E-state index in [1.807, 2.05) is 36.7 Å². The number of hydrogen-bond acceptors (Lipinski definition) is 15. The number of ether oxygens (including phenoxy) is 7. The molecule has 2 heterocycles. The van der Waals surface area contributed by atoms with Gasteiger partial charge in [0.25, 0.3) is 30.4 Å². The smallest absolute Gasteiger partial charge is 0.303 e. The molecule has 2 aromatic carbocycles. The fourth-order valence-electron chi connectivity index (χ4n) is 8.66. The molecule has 0 bridgehead atoms. The Kier molecular flexibility index (Phi) is 23.9. The number of anilines is 1. The van der Waals surface area contributed by atoms with Crippen molar-refractivity contribution in [3.8, 4) is 0 Å². The second-order valence-electron chi connectivity index (χ2n) is 17.3. The number of allylic oxidation sites excluding steroid dienone is 6. The summed E-state index contributed by atoms with van der Waals surface area (Å²) in [5.74, 6) is -1.42. The van der Waals surface area contributed by atoms with Crippen molar-refractivity contribution in [2.75, 3.05) is 117 Å². The largest absolute Gasteiger partial charge is 0.481 e. The molecule has 2 aromatic rings. The van der Waals surface area contributed by atoms with Gasteiger partial charge in [-0.05, 0) is 87.9 Å². The van der Waals surface area contributed by atoms with Crippen LogP contribution in [0.5, 0.6) is 0 Å². The number of rotatable bonds is 36. The first-order valence-corrected chi connectivity index (χ1v) is 27.9. The van der Waals surface area contributed by atoms with Gasteiger partial charge in [-0.2, -0.15) is 29.8 Å². The Hall–Kier alpha value is -3.95. The number of carboxylic acids is 1. The first-order chi connectivity index (χ1) is 33.7. The predicted molar refractivity (Wildman–Crippen MR) is 265 cm³/mol. The summed E-state index contributed by atoms with van der Waals surface area (Å²) < 4.78 is 143. The molecule has 0 saturated carbocycles. The Morgan fingerprint density at radius 1 is 0.634 bits per heavy atom. The number of benzene rings is 2. The van der Waals surface area contributed by atoms with Crippen LogP contribution in [0, 0.1) is 0 Å². The third kappa shape index (κ3) is 18.2. The summed E-state index contributed by atoms with van der Waals surface area (Å²) in [6, 6.07) is 8.71. The van der Waals surface area contributed by atoms with E-state index in [2.05, 4.69) is 4.90 Å². The van der Waals surface area contributed by atoms with E-state index in [9.17, 15) is 48.8 Å². The third-order valence-corrected chi connectivity index (χ3v) is 14.8. The van der Waals surface area contributed by atoms with E-state index in [4.69, 9.17) is 33.2 Å². The molecule has 4 N–H and O–H groups in total. The topological polar surface area (TPSA) is 271 Å². The van der Waals surface area contributed by atoms with Gasteiger partial charge in [-0.1, -0.05) is 24.6 Å². The molecule has 398 valence electrons. The number of carboxylic acid groups (broad SMARTS) is 1. The first-order valence-electron chi connectivity index (χ1n) is 23.4. The number of fused-ring (bicyclic) bond motifs is 2. The van der Waals surface area contributed by atoms with Gasteiger partial charge in [0.2, 0.25) is 5.69 Å². The van der Waals surface area contributed by atoms with Crippen molar-refractivity contribution in [3.05, 3.63) is 83.6 Å². The van der Waals surface area contributed by atoms with Crippen LogP contribution >= 0.6 is 0 Å². The van der Waals surface area contributed by atoms with Crippen molar-refractivity contribution in [2.45, 2.75) is 79.4 Å². The molecular formula is C48H71N2O18S3+. The maximum absolute atomic E-state index is 12.5. The fourth-order valence-corrected chi connectivity index (χ4v) is 10.2. The zero-order valence-electron chi connectivity index (χ0n) is 41.0. The lowest BCUT2D eigenvalue weighted by atomic mass is 9.76. The van der Waals surface area contributed by atoms with Gasteiger partial charge in [0.05, 0.1) is 87.0 Å². The summed E-state index contributed by atoms with van der Waals surface area (Å²) in [6.45, 7) is 9.21. The van der Waals surface area contributed by atoms with E-state index in [0.717, 1.165) is 11.4 Å². The summed E-state index contributed by atoms with van der Waals surface area (Å²) in [4.78, 5) is 12.7. The van der Waals surface area contributed by atoms with E-state index >= 15 is 0 Å². The Morgan fingerprint density at radius 3 is 1.73 bits per heavy atom. The quantitative estimate of drug-likeness (QED) is 0.0288. The van der Waals surface area contributed by atoms with Crippen LogP contribution in [-0.2, 0) is 79.1 Å². The van der Waals surface area contributed by atoms with Crippen LogP contribution in [0.3, 0.4) is 0 Å². The van der Waals surface area contributed by atoms with Crippen molar-refractivity contribution in [3.63, 3.8) is 0 Å². The summed E-state index contributed by atoms with van der Waals surface area (Å²) in [7, 11) is -10.3. The van der Waals surface area contributed by atoms with Gasteiger partial charge in [0.1, 0.15) is 6.61 Å². The van der Waals surface area contributed by atoms with Crippen LogP contribution in [0.4, 0.5) is 11.4 Å². The minimum Gasteiger partial charge on any atom is -0.481 e. The second-order valence-corrected chi connectivity index (χ2v) is 21.8. The summed E-state index contributed by atoms with van der Waals surface area (Å²) in [6.07, 6.45) is 11.4. The number of hydrogen-bond donors (Lipinski definition) is 4. The molecule has 2 aliphatic rings. The molecule has 0 saturated heterocycles. The lowest BCUT2D eigenvalue weighted by Gasteiger charge is -2.30. The van der Waals surface area contributed by atoms with Crippen LogP contribution < -0.4 is 4.90 Å². The highest BCUT2D eigenvalue weighted by Crippen LogP contribution is 2.51. The fraction of sp³-hybridized carbons (Fsp3) is 0.583. The Balaban J connectivity index is 1.59. The molecule has 23 heteroatoms. The van der Waals surface area contributed by atoms with Crippen molar-refractivity contribution in [2.24, 2.45) is 0 Å². The number of nitrogens with zero attached hydrogens (tertiary/aromatic N) is 2. The Morgan fingerprint density at radius 2 is 1.18 bits per heavy atom. The Labute approximate surface area is 418 Å². The molecular weight excluding hydrogens is 989 g/mol. The van der Waals surface area contributed by atoms with Gasteiger partial charge in [0.15, 0.2) is 12.3 Å². The highest BCUT2D eigenvalue weighted by Gasteiger charge is 2.48. The highest BCUT2D eigenvalue weighted by atomic mass is 32.2. The molecule has 2 aliphatic heterocycles. The molecule has 71 heavy (non-hydrogen) atoms. The third-order valence-electron chi connectivity index (χ3n) is 12.3. The molecule has 0 radical (unpaired) electrons. The number of aliphatic carboxylic acids is 1. The molecule has 20 nitrogen and oxygen atoms in total. The van der Waals surface area contributed by atoms with Crippen LogP contribution in [0.15, 0.2) is 82.3 Å². The van der Waals surface area contributed by atoms with E-state index in [1.54, 1.807) is 31.4 Å². The van der Waals surface area contributed by atoms with Gasteiger partial charge in [-0.15, -0.1) is 0 Å². The lowest BCUT2D eigenvalue weighted by Crippen LogP contribution is -2.32. The molecule has 0 aromatic heterocycles. The van der Waals surface area contributed by atoms with Crippen molar-refractivity contribution < 1.29 is 86.5 Å². The highest BCUT2D eigenvalue weighted by molar-refractivity contribution is 7.86. The molecule has 2 unspecified atom stereocenters. The zero-order valence-corrected chi connectivity index (χ0v) is 43.5. The molecule has 0 aliphatic carbocycles.